The van der Waals surface area contributed by atoms with Crippen LogP contribution in [0.3, 0.4) is 0 Å². The van der Waals surface area contributed by atoms with Crippen LogP contribution < -0.4 is 0 Å². The number of rotatable bonds is 13. The molecule has 0 heterocycles. The first-order chi connectivity index (χ1) is 17.2. The lowest BCUT2D eigenvalue weighted by atomic mass is 9.69. The molecule has 36 heavy (non-hydrogen) atoms. The van der Waals surface area contributed by atoms with Gasteiger partial charge in [-0.3, -0.25) is 0 Å². The van der Waals surface area contributed by atoms with Crippen LogP contribution in [0.4, 0.5) is 4.39 Å². The Hall–Kier alpha value is -2.15. The van der Waals surface area contributed by atoms with Crippen molar-refractivity contribution < 1.29 is 4.39 Å². The van der Waals surface area contributed by atoms with Gasteiger partial charge in [0, 0.05) is 0 Å². The smallest absolute Gasteiger partial charge is 0.127 e. The lowest BCUT2D eigenvalue weighted by Gasteiger charge is -2.36. The summed E-state index contributed by atoms with van der Waals surface area (Å²) in [5.41, 5.74) is 7.45. The average Bonchev–Trinajstić information content (AvgIpc) is 2.87. The van der Waals surface area contributed by atoms with Gasteiger partial charge >= 0.3 is 0 Å². The van der Waals surface area contributed by atoms with Crippen LogP contribution in [0.15, 0.2) is 60.7 Å². The fourth-order valence-electron chi connectivity index (χ4n) is 6.02. The summed E-state index contributed by atoms with van der Waals surface area (Å²) in [5, 5.41) is 0. The molecule has 0 amide bonds. The normalized spacial score (nSPS) is 18.4. The minimum absolute atomic E-state index is 0.0386. The summed E-state index contributed by atoms with van der Waals surface area (Å²) in [4.78, 5) is 0. The molecule has 0 bridgehead atoms. The average molecular weight is 489 g/mol. The zero-order valence-corrected chi connectivity index (χ0v) is 23.6. The zero-order chi connectivity index (χ0) is 26.1. The molecule has 196 valence electrons. The van der Waals surface area contributed by atoms with Crippen LogP contribution >= 0.6 is 0 Å². The molecule has 0 fully saturated rings. The minimum atomic E-state index is -0.0386. The summed E-state index contributed by atoms with van der Waals surface area (Å²) in [6.07, 6.45) is 15.1. The van der Waals surface area contributed by atoms with E-state index in [4.69, 9.17) is 0 Å². The first-order valence-corrected chi connectivity index (χ1v) is 14.4. The van der Waals surface area contributed by atoms with Crippen molar-refractivity contribution in [2.24, 2.45) is 17.3 Å². The van der Waals surface area contributed by atoms with Crippen LogP contribution in [0.1, 0.15) is 108 Å². The Labute approximate surface area is 221 Å². The summed E-state index contributed by atoms with van der Waals surface area (Å²) in [5.74, 6) is 1.46. The molecule has 0 nitrogen and oxygen atoms in total. The van der Waals surface area contributed by atoms with E-state index in [1.165, 1.54) is 55.2 Å². The van der Waals surface area contributed by atoms with E-state index in [2.05, 4.69) is 70.7 Å². The molecule has 3 unspecified atom stereocenters. The van der Waals surface area contributed by atoms with Crippen molar-refractivity contribution in [2.45, 2.75) is 105 Å². The molecule has 0 saturated heterocycles. The Morgan fingerprint density at radius 3 is 2.56 bits per heavy atom. The SMILES string of the molecule is C=C(C)CCCC(C)(CC)C(C)CCC1CC=C(c2cc(C)cc(F)c2CCc2ccccc2)CC1. The van der Waals surface area contributed by atoms with Crippen molar-refractivity contribution in [1.29, 1.82) is 0 Å². The van der Waals surface area contributed by atoms with Gasteiger partial charge in [-0.15, -0.1) is 6.58 Å². The van der Waals surface area contributed by atoms with Gasteiger partial charge in [-0.05, 0) is 129 Å². The Bertz CT molecular complexity index is 1010. The quantitative estimate of drug-likeness (QED) is 0.246. The van der Waals surface area contributed by atoms with Gasteiger partial charge < -0.3 is 0 Å². The molecule has 0 spiro atoms. The predicted molar refractivity (Wildman–Crippen MR) is 156 cm³/mol. The van der Waals surface area contributed by atoms with Crippen LogP contribution in [0, 0.1) is 30.0 Å². The molecule has 2 aromatic carbocycles. The van der Waals surface area contributed by atoms with E-state index in [1.54, 1.807) is 6.07 Å². The second kappa shape index (κ2) is 13.4. The lowest BCUT2D eigenvalue weighted by molar-refractivity contribution is 0.152. The van der Waals surface area contributed by atoms with Crippen molar-refractivity contribution in [3.8, 4) is 0 Å². The topological polar surface area (TPSA) is 0 Å². The molecule has 1 aliphatic carbocycles. The Morgan fingerprint density at radius 2 is 1.92 bits per heavy atom. The maximum atomic E-state index is 15.1. The van der Waals surface area contributed by atoms with E-state index in [1.807, 2.05) is 13.0 Å². The highest BCUT2D eigenvalue weighted by Crippen LogP contribution is 2.42. The number of aryl methyl sites for hydroxylation is 2. The van der Waals surface area contributed by atoms with Crippen LogP contribution in [0.5, 0.6) is 0 Å². The van der Waals surface area contributed by atoms with Crippen LogP contribution in [-0.4, -0.2) is 0 Å². The van der Waals surface area contributed by atoms with E-state index >= 15 is 4.39 Å². The Morgan fingerprint density at radius 1 is 1.17 bits per heavy atom. The highest BCUT2D eigenvalue weighted by Gasteiger charge is 2.29. The van der Waals surface area contributed by atoms with Gasteiger partial charge in [-0.25, -0.2) is 4.39 Å². The van der Waals surface area contributed by atoms with Gasteiger partial charge in [-0.2, -0.15) is 0 Å². The standard InChI is InChI=1S/C35H49F/c1-7-35(6,23-11-12-26(2)3)28(5)15-16-30-17-20-31(21-18-30)33-24-27(4)25-34(36)32(33)22-19-29-13-9-8-10-14-29/h8-10,13-14,20,24-25,28,30H,2,7,11-12,15-19,21-23H2,1,3-6H3. The molecule has 1 aliphatic rings. The van der Waals surface area contributed by atoms with Crippen molar-refractivity contribution in [3.63, 3.8) is 0 Å². The molecule has 2 aromatic rings. The summed E-state index contributed by atoms with van der Waals surface area (Å²) in [7, 11) is 0. The molecule has 3 atom stereocenters. The third-order valence-corrected chi connectivity index (χ3v) is 9.07. The molecule has 0 aromatic heterocycles. The highest BCUT2D eigenvalue weighted by atomic mass is 19.1. The van der Waals surface area contributed by atoms with Gasteiger partial charge in [0.15, 0.2) is 0 Å². The van der Waals surface area contributed by atoms with Crippen molar-refractivity contribution >= 4 is 5.57 Å². The summed E-state index contributed by atoms with van der Waals surface area (Å²) < 4.78 is 15.1. The molecular weight excluding hydrogens is 439 g/mol. The number of halogens is 1. The van der Waals surface area contributed by atoms with Gasteiger partial charge in [0.25, 0.3) is 0 Å². The number of allylic oxidation sites excluding steroid dienone is 3. The predicted octanol–water partition coefficient (Wildman–Crippen LogP) is 10.7. The van der Waals surface area contributed by atoms with E-state index in [0.29, 0.717) is 5.41 Å². The van der Waals surface area contributed by atoms with E-state index in [0.717, 1.165) is 60.6 Å². The number of hydrogen-bond donors (Lipinski definition) is 0. The monoisotopic (exact) mass is 488 g/mol. The summed E-state index contributed by atoms with van der Waals surface area (Å²) in [6, 6.07) is 14.4. The fraction of sp³-hybridized carbons (Fsp3) is 0.543. The second-order valence-electron chi connectivity index (χ2n) is 11.9. The molecule has 0 N–H and O–H groups in total. The lowest BCUT2D eigenvalue weighted by Crippen LogP contribution is -2.25. The maximum Gasteiger partial charge on any atom is 0.127 e. The molecule has 0 radical (unpaired) electrons. The molecule has 0 aliphatic heterocycles. The Kier molecular flexibility index (Phi) is 10.6. The summed E-state index contributed by atoms with van der Waals surface area (Å²) in [6.45, 7) is 15.6. The third kappa shape index (κ3) is 7.92. The van der Waals surface area contributed by atoms with Gasteiger partial charge in [0.1, 0.15) is 5.82 Å². The maximum absolute atomic E-state index is 15.1. The first-order valence-electron chi connectivity index (χ1n) is 14.4. The highest BCUT2D eigenvalue weighted by molar-refractivity contribution is 5.70. The van der Waals surface area contributed by atoms with Crippen molar-refractivity contribution in [2.75, 3.05) is 0 Å². The third-order valence-electron chi connectivity index (χ3n) is 9.07. The first kappa shape index (κ1) is 28.4. The fourth-order valence-corrected chi connectivity index (χ4v) is 6.02. The van der Waals surface area contributed by atoms with Gasteiger partial charge in [0.2, 0.25) is 0 Å². The van der Waals surface area contributed by atoms with Crippen LogP contribution in [-0.2, 0) is 12.8 Å². The molecule has 0 saturated carbocycles. The van der Waals surface area contributed by atoms with Crippen LogP contribution in [0.2, 0.25) is 0 Å². The molecule has 3 rings (SSSR count). The van der Waals surface area contributed by atoms with Crippen LogP contribution in [0.25, 0.3) is 5.57 Å². The zero-order valence-electron chi connectivity index (χ0n) is 23.6. The van der Waals surface area contributed by atoms with Crippen molar-refractivity contribution in [1.82, 2.24) is 0 Å². The molecule has 1 heteroatoms. The van der Waals surface area contributed by atoms with Gasteiger partial charge in [-0.1, -0.05) is 75.2 Å². The minimum Gasteiger partial charge on any atom is -0.207 e. The largest absolute Gasteiger partial charge is 0.207 e. The Balaban J connectivity index is 1.61. The van der Waals surface area contributed by atoms with E-state index in [-0.39, 0.29) is 5.82 Å². The van der Waals surface area contributed by atoms with Crippen molar-refractivity contribution in [3.05, 3.63) is 88.8 Å². The number of hydrogen-bond acceptors (Lipinski definition) is 0. The summed E-state index contributed by atoms with van der Waals surface area (Å²) >= 11 is 0. The molecular formula is C35H49F. The second-order valence-corrected chi connectivity index (χ2v) is 11.9. The van der Waals surface area contributed by atoms with Gasteiger partial charge in [0.05, 0.1) is 0 Å². The number of benzene rings is 2. The van der Waals surface area contributed by atoms with E-state index in [9.17, 15) is 0 Å². The van der Waals surface area contributed by atoms with E-state index < -0.39 is 0 Å².